The number of rotatable bonds is 5. The fourth-order valence-corrected chi connectivity index (χ4v) is 4.42. The zero-order valence-electron chi connectivity index (χ0n) is 17.0. The van der Waals surface area contributed by atoms with Crippen LogP contribution in [0.1, 0.15) is 30.4 Å². The van der Waals surface area contributed by atoms with Crippen LogP contribution < -0.4 is 5.32 Å². The predicted octanol–water partition coefficient (Wildman–Crippen LogP) is 1.96. The summed E-state index contributed by atoms with van der Waals surface area (Å²) in [7, 11) is 0. The smallest absolute Gasteiger partial charge is 0.407 e. The standard InChI is InChI=1S/C23H24N2O6/c1-13(21(27)25-11-14(26)10-20(25)22(28)29)24-23(30)31-12-19-17-8-4-2-6-15(17)16-7-3-5-9-18(16)19/h2-9,13-14,19-20,26H,10-12H2,1H3,(H,24,30)(H,28,29)/t13-,14-,20-/m0/s1. The number of fused-ring (bicyclic) bond motifs is 3. The molecule has 0 bridgehead atoms. The molecule has 0 radical (unpaired) electrons. The van der Waals surface area contributed by atoms with Crippen molar-refractivity contribution >= 4 is 18.0 Å². The zero-order chi connectivity index (χ0) is 22.1. The summed E-state index contributed by atoms with van der Waals surface area (Å²) < 4.78 is 5.43. The van der Waals surface area contributed by atoms with E-state index in [-0.39, 0.29) is 25.5 Å². The Morgan fingerprint density at radius 2 is 1.68 bits per heavy atom. The number of carboxylic acid groups (broad SMARTS) is 1. The largest absolute Gasteiger partial charge is 0.480 e. The lowest BCUT2D eigenvalue weighted by atomic mass is 9.98. The summed E-state index contributed by atoms with van der Waals surface area (Å²) in [6.07, 6.45) is -1.68. The van der Waals surface area contributed by atoms with Crippen molar-refractivity contribution in [3.8, 4) is 11.1 Å². The Morgan fingerprint density at radius 3 is 2.26 bits per heavy atom. The quantitative estimate of drug-likeness (QED) is 0.676. The van der Waals surface area contributed by atoms with E-state index in [9.17, 15) is 24.6 Å². The Kier molecular flexibility index (Phi) is 5.65. The Hall–Kier alpha value is -3.39. The van der Waals surface area contributed by atoms with Crippen LogP contribution >= 0.6 is 0 Å². The molecule has 0 spiro atoms. The molecule has 1 aliphatic carbocycles. The van der Waals surface area contributed by atoms with Crippen LogP contribution in [-0.4, -0.2) is 64.4 Å². The second-order valence-corrected chi connectivity index (χ2v) is 7.93. The summed E-state index contributed by atoms with van der Waals surface area (Å²) in [6.45, 7) is 1.50. The summed E-state index contributed by atoms with van der Waals surface area (Å²) in [6, 6.07) is 13.9. The average Bonchev–Trinajstić information content (AvgIpc) is 3.30. The molecule has 1 fully saturated rings. The zero-order valence-corrected chi connectivity index (χ0v) is 17.0. The Bertz CT molecular complexity index is 977. The molecule has 31 heavy (non-hydrogen) atoms. The number of aliphatic carboxylic acids is 1. The van der Waals surface area contributed by atoms with E-state index in [0.717, 1.165) is 27.2 Å². The number of β-amino-alcohol motifs (C(OH)–C–C–N with tert-alkyl or cyclic N) is 1. The Labute approximate surface area is 179 Å². The molecule has 0 unspecified atom stereocenters. The monoisotopic (exact) mass is 424 g/mol. The first-order chi connectivity index (χ1) is 14.9. The number of hydrogen-bond donors (Lipinski definition) is 3. The maximum absolute atomic E-state index is 12.6. The maximum atomic E-state index is 12.6. The SMILES string of the molecule is C[C@H](NC(=O)OCC1c2ccccc2-c2ccccc21)C(=O)N1C[C@@H](O)C[C@H]1C(=O)O. The van der Waals surface area contributed by atoms with Gasteiger partial charge in [-0.3, -0.25) is 4.79 Å². The number of alkyl carbamates (subject to hydrolysis) is 1. The number of ether oxygens (including phenoxy) is 1. The van der Waals surface area contributed by atoms with Gasteiger partial charge in [-0.05, 0) is 29.2 Å². The van der Waals surface area contributed by atoms with Crippen molar-refractivity contribution in [3.05, 3.63) is 59.7 Å². The first kappa shape index (κ1) is 20.9. The van der Waals surface area contributed by atoms with Gasteiger partial charge in [0, 0.05) is 18.9 Å². The first-order valence-electron chi connectivity index (χ1n) is 10.2. The van der Waals surface area contributed by atoms with E-state index in [4.69, 9.17) is 4.74 Å². The fraction of sp³-hybridized carbons (Fsp3) is 0.348. The van der Waals surface area contributed by atoms with Gasteiger partial charge in [0.05, 0.1) is 6.10 Å². The molecular weight excluding hydrogens is 400 g/mol. The molecule has 0 saturated carbocycles. The number of carboxylic acids is 1. The van der Waals surface area contributed by atoms with Crippen molar-refractivity contribution in [3.63, 3.8) is 0 Å². The molecule has 8 nitrogen and oxygen atoms in total. The van der Waals surface area contributed by atoms with Gasteiger partial charge in [0.2, 0.25) is 5.91 Å². The van der Waals surface area contributed by atoms with Gasteiger partial charge in [-0.2, -0.15) is 0 Å². The van der Waals surface area contributed by atoms with Crippen molar-refractivity contribution in [2.75, 3.05) is 13.2 Å². The number of nitrogens with zero attached hydrogens (tertiary/aromatic N) is 1. The van der Waals surface area contributed by atoms with E-state index in [2.05, 4.69) is 5.32 Å². The summed E-state index contributed by atoms with van der Waals surface area (Å²) >= 11 is 0. The summed E-state index contributed by atoms with van der Waals surface area (Å²) in [5.74, 6) is -1.86. The van der Waals surface area contributed by atoms with Gasteiger partial charge in [-0.1, -0.05) is 48.5 Å². The lowest BCUT2D eigenvalue weighted by Gasteiger charge is -2.25. The van der Waals surface area contributed by atoms with Crippen LogP contribution in [-0.2, 0) is 14.3 Å². The number of aliphatic hydroxyl groups is 1. The second kappa shape index (κ2) is 8.39. The number of nitrogens with one attached hydrogen (secondary N) is 1. The fourth-order valence-electron chi connectivity index (χ4n) is 4.42. The lowest BCUT2D eigenvalue weighted by molar-refractivity contribution is -0.148. The van der Waals surface area contributed by atoms with Crippen LogP contribution in [0.3, 0.4) is 0 Å². The summed E-state index contributed by atoms with van der Waals surface area (Å²) in [5.41, 5.74) is 4.39. The van der Waals surface area contributed by atoms with E-state index >= 15 is 0 Å². The maximum Gasteiger partial charge on any atom is 0.407 e. The molecule has 1 heterocycles. The van der Waals surface area contributed by atoms with Gasteiger partial charge < -0.3 is 25.2 Å². The molecule has 1 aliphatic heterocycles. The lowest BCUT2D eigenvalue weighted by Crippen LogP contribution is -2.50. The third kappa shape index (κ3) is 3.98. The average molecular weight is 424 g/mol. The van der Waals surface area contributed by atoms with E-state index in [0.29, 0.717) is 0 Å². The van der Waals surface area contributed by atoms with Gasteiger partial charge in [0.1, 0.15) is 18.7 Å². The normalized spacial score (nSPS) is 20.6. The summed E-state index contributed by atoms with van der Waals surface area (Å²) in [4.78, 5) is 37.4. The molecule has 3 atom stereocenters. The topological polar surface area (TPSA) is 116 Å². The number of likely N-dealkylation sites (tertiary alicyclic amines) is 1. The number of benzene rings is 2. The first-order valence-corrected chi connectivity index (χ1v) is 10.2. The van der Waals surface area contributed by atoms with E-state index in [1.54, 1.807) is 0 Å². The van der Waals surface area contributed by atoms with Gasteiger partial charge >= 0.3 is 12.1 Å². The number of carbonyl (C=O) groups is 3. The molecule has 2 aliphatic rings. The van der Waals surface area contributed by atoms with Crippen LogP contribution in [0.25, 0.3) is 11.1 Å². The Morgan fingerprint density at radius 1 is 1.10 bits per heavy atom. The predicted molar refractivity (Wildman–Crippen MR) is 111 cm³/mol. The Balaban J connectivity index is 1.39. The number of carbonyl (C=O) groups excluding carboxylic acids is 2. The summed E-state index contributed by atoms with van der Waals surface area (Å²) in [5, 5.41) is 21.5. The van der Waals surface area contributed by atoms with E-state index in [1.165, 1.54) is 6.92 Å². The molecule has 2 aromatic carbocycles. The van der Waals surface area contributed by atoms with Crippen molar-refractivity contribution in [1.29, 1.82) is 0 Å². The molecule has 1 saturated heterocycles. The van der Waals surface area contributed by atoms with Gasteiger partial charge in [0.25, 0.3) is 0 Å². The number of amides is 2. The van der Waals surface area contributed by atoms with Crippen molar-refractivity contribution in [1.82, 2.24) is 10.2 Å². The van der Waals surface area contributed by atoms with E-state index < -0.39 is 36.2 Å². The van der Waals surface area contributed by atoms with Crippen molar-refractivity contribution in [2.45, 2.75) is 37.5 Å². The molecule has 2 aromatic rings. The minimum absolute atomic E-state index is 0.0290. The molecule has 8 heteroatoms. The molecule has 4 rings (SSSR count). The third-order valence-corrected chi connectivity index (χ3v) is 5.90. The van der Waals surface area contributed by atoms with Gasteiger partial charge in [0.15, 0.2) is 0 Å². The highest BCUT2D eigenvalue weighted by molar-refractivity contribution is 5.89. The third-order valence-electron chi connectivity index (χ3n) is 5.90. The minimum atomic E-state index is -1.18. The number of hydrogen-bond acceptors (Lipinski definition) is 5. The van der Waals surface area contributed by atoms with Crippen LogP contribution in [0.5, 0.6) is 0 Å². The second-order valence-electron chi connectivity index (χ2n) is 7.93. The van der Waals surface area contributed by atoms with E-state index in [1.807, 2.05) is 48.5 Å². The molecule has 162 valence electrons. The van der Waals surface area contributed by atoms with Crippen molar-refractivity contribution in [2.24, 2.45) is 0 Å². The minimum Gasteiger partial charge on any atom is -0.480 e. The van der Waals surface area contributed by atoms with Crippen LogP contribution in [0.4, 0.5) is 4.79 Å². The highest BCUT2D eigenvalue weighted by Gasteiger charge is 2.40. The highest BCUT2D eigenvalue weighted by Crippen LogP contribution is 2.44. The number of aliphatic hydroxyl groups excluding tert-OH is 1. The molecule has 2 amide bonds. The van der Waals surface area contributed by atoms with Crippen LogP contribution in [0.2, 0.25) is 0 Å². The van der Waals surface area contributed by atoms with Crippen LogP contribution in [0.15, 0.2) is 48.5 Å². The molecule has 3 N–H and O–H groups in total. The van der Waals surface area contributed by atoms with Gasteiger partial charge in [-0.25, -0.2) is 9.59 Å². The molecule has 0 aromatic heterocycles. The van der Waals surface area contributed by atoms with Gasteiger partial charge in [-0.15, -0.1) is 0 Å². The van der Waals surface area contributed by atoms with Crippen molar-refractivity contribution < 1.29 is 29.3 Å². The highest BCUT2D eigenvalue weighted by atomic mass is 16.5. The molecular formula is C23H24N2O6. The van der Waals surface area contributed by atoms with Crippen LogP contribution in [0, 0.1) is 0 Å².